The number of benzene rings is 2. The third-order valence-electron chi connectivity index (χ3n) is 3.36. The minimum Gasteiger partial charge on any atom is -0.493 e. The van der Waals surface area contributed by atoms with Crippen LogP contribution in [0.4, 0.5) is 5.69 Å². The van der Waals surface area contributed by atoms with Crippen LogP contribution in [0.1, 0.15) is 11.1 Å². The third kappa shape index (κ3) is 4.39. The first-order valence-corrected chi connectivity index (χ1v) is 7.25. The van der Waals surface area contributed by atoms with Crippen LogP contribution < -0.4 is 19.5 Å². The number of anilines is 1. The second-order valence-electron chi connectivity index (χ2n) is 5.18. The highest BCUT2D eigenvalue weighted by Crippen LogP contribution is 2.32. The number of hydrogen-bond acceptors (Lipinski definition) is 4. The van der Waals surface area contributed by atoms with E-state index in [1.807, 2.05) is 44.2 Å². The largest absolute Gasteiger partial charge is 0.493 e. The molecule has 0 aromatic heterocycles. The van der Waals surface area contributed by atoms with Crippen LogP contribution in [0.25, 0.3) is 0 Å². The van der Waals surface area contributed by atoms with Crippen molar-refractivity contribution in [2.45, 2.75) is 13.8 Å². The van der Waals surface area contributed by atoms with Gasteiger partial charge in [0, 0.05) is 11.8 Å². The zero-order valence-corrected chi connectivity index (χ0v) is 13.8. The van der Waals surface area contributed by atoms with E-state index in [1.165, 1.54) is 0 Å². The topological polar surface area (TPSA) is 56.8 Å². The van der Waals surface area contributed by atoms with Gasteiger partial charge in [-0.2, -0.15) is 0 Å². The Balaban J connectivity index is 2.02. The van der Waals surface area contributed by atoms with Crippen molar-refractivity contribution in [1.29, 1.82) is 0 Å². The van der Waals surface area contributed by atoms with Gasteiger partial charge in [0.15, 0.2) is 18.1 Å². The van der Waals surface area contributed by atoms with Crippen LogP contribution in [-0.4, -0.2) is 26.7 Å². The van der Waals surface area contributed by atoms with Crippen molar-refractivity contribution in [3.8, 4) is 17.2 Å². The number of methoxy groups -OCH3 is 2. The zero-order chi connectivity index (χ0) is 16.8. The van der Waals surface area contributed by atoms with Crippen LogP contribution in [0, 0.1) is 13.8 Å². The molecule has 0 spiro atoms. The molecule has 0 fully saturated rings. The summed E-state index contributed by atoms with van der Waals surface area (Å²) in [6, 6.07) is 11.1. The Kier molecular flexibility index (Phi) is 5.46. The molecule has 0 aliphatic heterocycles. The summed E-state index contributed by atoms with van der Waals surface area (Å²) >= 11 is 0. The minimum atomic E-state index is -0.234. The van der Waals surface area contributed by atoms with Gasteiger partial charge < -0.3 is 19.5 Å². The number of carbonyl (C=O) groups is 1. The standard InChI is InChI=1S/C18H21NO4/c1-12-6-5-7-14(8-12)23-11-18(20)19-15-10-17(22-4)16(21-3)9-13(15)2/h5-10H,11H2,1-4H3,(H,19,20). The van der Waals surface area contributed by atoms with Crippen molar-refractivity contribution < 1.29 is 19.0 Å². The first-order valence-electron chi connectivity index (χ1n) is 7.25. The first-order chi connectivity index (χ1) is 11.0. The summed E-state index contributed by atoms with van der Waals surface area (Å²) in [6.07, 6.45) is 0. The van der Waals surface area contributed by atoms with Crippen molar-refractivity contribution in [2.24, 2.45) is 0 Å². The lowest BCUT2D eigenvalue weighted by atomic mass is 10.1. The quantitative estimate of drug-likeness (QED) is 0.888. The highest BCUT2D eigenvalue weighted by molar-refractivity contribution is 5.93. The Morgan fingerprint density at radius 2 is 1.74 bits per heavy atom. The highest BCUT2D eigenvalue weighted by Gasteiger charge is 2.11. The summed E-state index contributed by atoms with van der Waals surface area (Å²) in [5.41, 5.74) is 2.63. The molecule has 5 heteroatoms. The van der Waals surface area contributed by atoms with E-state index >= 15 is 0 Å². The molecular formula is C18H21NO4. The molecule has 0 saturated heterocycles. The van der Waals surface area contributed by atoms with Gasteiger partial charge in [-0.05, 0) is 43.2 Å². The second kappa shape index (κ2) is 7.54. The summed E-state index contributed by atoms with van der Waals surface area (Å²) in [5.74, 6) is 1.62. The molecule has 1 amide bonds. The van der Waals surface area contributed by atoms with Gasteiger partial charge in [-0.1, -0.05) is 12.1 Å². The van der Waals surface area contributed by atoms with Crippen LogP contribution in [-0.2, 0) is 4.79 Å². The number of aryl methyl sites for hydroxylation is 2. The van der Waals surface area contributed by atoms with Crippen molar-refractivity contribution >= 4 is 11.6 Å². The Bertz CT molecular complexity index is 697. The van der Waals surface area contributed by atoms with Crippen LogP contribution in [0.15, 0.2) is 36.4 Å². The molecule has 2 rings (SSSR count). The fraction of sp³-hybridized carbons (Fsp3) is 0.278. The smallest absolute Gasteiger partial charge is 0.262 e. The van der Waals surface area contributed by atoms with Gasteiger partial charge in [-0.25, -0.2) is 0 Å². The molecule has 0 heterocycles. The van der Waals surface area contributed by atoms with E-state index in [-0.39, 0.29) is 12.5 Å². The molecule has 122 valence electrons. The summed E-state index contributed by atoms with van der Waals surface area (Å²) in [6.45, 7) is 3.80. The second-order valence-corrected chi connectivity index (χ2v) is 5.18. The Hall–Kier alpha value is -2.69. The molecule has 23 heavy (non-hydrogen) atoms. The molecule has 0 aliphatic rings. The lowest BCUT2D eigenvalue weighted by molar-refractivity contribution is -0.118. The average molecular weight is 315 g/mol. The fourth-order valence-corrected chi connectivity index (χ4v) is 2.16. The summed E-state index contributed by atoms with van der Waals surface area (Å²) < 4.78 is 16.0. The van der Waals surface area contributed by atoms with Gasteiger partial charge in [-0.15, -0.1) is 0 Å². The molecular weight excluding hydrogens is 294 g/mol. The summed E-state index contributed by atoms with van der Waals surface area (Å²) in [7, 11) is 3.13. The van der Waals surface area contributed by atoms with E-state index in [4.69, 9.17) is 14.2 Å². The molecule has 0 unspecified atom stereocenters. The molecule has 0 atom stereocenters. The van der Waals surface area contributed by atoms with E-state index in [0.717, 1.165) is 11.1 Å². The molecule has 2 aromatic carbocycles. The van der Waals surface area contributed by atoms with Gasteiger partial charge in [0.05, 0.1) is 14.2 Å². The molecule has 2 aromatic rings. The minimum absolute atomic E-state index is 0.0583. The molecule has 5 nitrogen and oxygen atoms in total. The van der Waals surface area contributed by atoms with Crippen molar-refractivity contribution in [2.75, 3.05) is 26.1 Å². The van der Waals surface area contributed by atoms with E-state index in [2.05, 4.69) is 5.32 Å². The third-order valence-corrected chi connectivity index (χ3v) is 3.36. The lowest BCUT2D eigenvalue weighted by Gasteiger charge is -2.14. The Labute approximate surface area is 136 Å². The maximum absolute atomic E-state index is 12.1. The van der Waals surface area contributed by atoms with E-state index in [0.29, 0.717) is 22.9 Å². The fourth-order valence-electron chi connectivity index (χ4n) is 2.16. The Morgan fingerprint density at radius 3 is 2.39 bits per heavy atom. The van der Waals surface area contributed by atoms with Crippen LogP contribution in [0.5, 0.6) is 17.2 Å². The molecule has 0 bridgehead atoms. The van der Waals surface area contributed by atoms with Crippen LogP contribution in [0.2, 0.25) is 0 Å². The normalized spacial score (nSPS) is 10.1. The number of ether oxygens (including phenoxy) is 3. The predicted octanol–water partition coefficient (Wildman–Crippen LogP) is 3.34. The van der Waals surface area contributed by atoms with Crippen LogP contribution >= 0.6 is 0 Å². The zero-order valence-electron chi connectivity index (χ0n) is 13.8. The molecule has 0 saturated carbocycles. The number of amides is 1. The predicted molar refractivity (Wildman–Crippen MR) is 89.6 cm³/mol. The van der Waals surface area contributed by atoms with Gasteiger partial charge >= 0.3 is 0 Å². The van der Waals surface area contributed by atoms with E-state index in [9.17, 15) is 4.79 Å². The van der Waals surface area contributed by atoms with Crippen LogP contribution in [0.3, 0.4) is 0 Å². The van der Waals surface area contributed by atoms with Gasteiger partial charge in [0.2, 0.25) is 0 Å². The Morgan fingerprint density at radius 1 is 1.04 bits per heavy atom. The van der Waals surface area contributed by atoms with Gasteiger partial charge in [-0.3, -0.25) is 4.79 Å². The summed E-state index contributed by atoms with van der Waals surface area (Å²) in [5, 5.41) is 2.82. The number of carbonyl (C=O) groups excluding carboxylic acids is 1. The van der Waals surface area contributed by atoms with Gasteiger partial charge in [0.25, 0.3) is 5.91 Å². The number of hydrogen-bond donors (Lipinski definition) is 1. The monoisotopic (exact) mass is 315 g/mol. The van der Waals surface area contributed by atoms with Crippen molar-refractivity contribution in [3.63, 3.8) is 0 Å². The van der Waals surface area contributed by atoms with E-state index in [1.54, 1.807) is 20.3 Å². The molecule has 0 radical (unpaired) electrons. The summed E-state index contributed by atoms with van der Waals surface area (Å²) in [4.78, 5) is 12.1. The SMILES string of the molecule is COc1cc(C)c(NC(=O)COc2cccc(C)c2)cc1OC. The highest BCUT2D eigenvalue weighted by atomic mass is 16.5. The maximum atomic E-state index is 12.1. The first kappa shape index (κ1) is 16.7. The molecule has 1 N–H and O–H groups in total. The number of rotatable bonds is 6. The lowest BCUT2D eigenvalue weighted by Crippen LogP contribution is -2.20. The molecule has 0 aliphatic carbocycles. The van der Waals surface area contributed by atoms with E-state index < -0.39 is 0 Å². The van der Waals surface area contributed by atoms with Crippen molar-refractivity contribution in [3.05, 3.63) is 47.5 Å². The number of nitrogens with one attached hydrogen (secondary N) is 1. The maximum Gasteiger partial charge on any atom is 0.262 e. The van der Waals surface area contributed by atoms with Gasteiger partial charge in [0.1, 0.15) is 5.75 Å². The van der Waals surface area contributed by atoms with Crippen molar-refractivity contribution in [1.82, 2.24) is 0 Å². The average Bonchev–Trinajstić information content (AvgIpc) is 2.54.